The van der Waals surface area contributed by atoms with E-state index in [1.807, 2.05) is 62.4 Å². The van der Waals surface area contributed by atoms with Crippen LogP contribution in [0.5, 0.6) is 0 Å². The number of amides is 2. The van der Waals surface area contributed by atoms with Gasteiger partial charge in [0.1, 0.15) is 24.0 Å². The fourth-order valence-electron chi connectivity index (χ4n) is 5.80. The minimum absolute atomic E-state index is 0. The third kappa shape index (κ3) is 20.9. The van der Waals surface area contributed by atoms with Crippen LogP contribution in [0.1, 0.15) is 84.2 Å². The second kappa shape index (κ2) is 30.8. The van der Waals surface area contributed by atoms with Crippen LogP contribution in [0.2, 0.25) is 10.0 Å². The Morgan fingerprint density at radius 2 is 1.07 bits per heavy atom. The zero-order valence-corrected chi connectivity index (χ0v) is 37.7. The predicted molar refractivity (Wildman–Crippen MR) is 235 cm³/mol. The van der Waals surface area contributed by atoms with Gasteiger partial charge in [-0.15, -0.1) is 12.8 Å². The van der Waals surface area contributed by atoms with E-state index in [9.17, 15) is 27.2 Å². The molecule has 11 heteroatoms. The predicted octanol–water partition coefficient (Wildman–Crippen LogP) is 12.8. The molecule has 0 saturated heterocycles. The molecule has 0 aliphatic heterocycles. The third-order valence-electron chi connectivity index (χ3n) is 8.90. The minimum atomic E-state index is -1.24. The average molecular weight is 908 g/mol. The van der Waals surface area contributed by atoms with Gasteiger partial charge in [0, 0.05) is 23.1 Å². The van der Waals surface area contributed by atoms with E-state index in [1.165, 1.54) is 34.1 Å². The van der Waals surface area contributed by atoms with E-state index in [2.05, 4.69) is 36.4 Å². The minimum Gasteiger partial charge on any atom is -0.336 e. The van der Waals surface area contributed by atoms with Crippen molar-refractivity contribution in [2.24, 2.45) is 0 Å². The molecule has 2 aliphatic rings. The second-order valence-electron chi connectivity index (χ2n) is 13.8. The van der Waals surface area contributed by atoms with Crippen molar-refractivity contribution in [3.05, 3.63) is 190 Å². The Bertz CT molecular complexity index is 1830. The molecule has 2 amide bonds. The zero-order valence-electron chi connectivity index (χ0n) is 34.7. The van der Waals surface area contributed by atoms with Gasteiger partial charge in [-0.2, -0.15) is 83.9 Å². The fourth-order valence-corrected chi connectivity index (χ4v) is 6.11. The molecule has 0 N–H and O–H groups in total. The Labute approximate surface area is 384 Å². The van der Waals surface area contributed by atoms with Crippen molar-refractivity contribution in [3.63, 3.8) is 0 Å². The number of nitrogens with zero attached hydrogens (tertiary/aromatic N) is 2. The second-order valence-corrected chi connectivity index (χ2v) is 14.7. The van der Waals surface area contributed by atoms with Gasteiger partial charge in [0.25, 0.3) is 11.8 Å². The molecule has 2 unspecified atom stereocenters. The number of allylic oxidation sites excluding steroid dienone is 8. The summed E-state index contributed by atoms with van der Waals surface area (Å²) in [4.78, 5) is 28.0. The first-order valence-corrected chi connectivity index (χ1v) is 20.9. The number of rotatable bonds is 16. The molecule has 2 aliphatic carbocycles. The third-order valence-corrected chi connectivity index (χ3v) is 9.37. The number of benzene rings is 4. The summed E-state index contributed by atoms with van der Waals surface area (Å²) in [6.07, 6.45) is 21.0. The van der Waals surface area contributed by atoms with Crippen LogP contribution in [0.25, 0.3) is 0 Å². The van der Waals surface area contributed by atoms with Crippen molar-refractivity contribution in [2.75, 3.05) is 26.2 Å². The van der Waals surface area contributed by atoms with Gasteiger partial charge in [-0.1, -0.05) is 49.9 Å². The molecule has 61 heavy (non-hydrogen) atoms. The Morgan fingerprint density at radius 3 is 1.34 bits per heavy atom. The standard InChI is InChI=1S/2C20H21ClF2NO.2C5H5.Ti/c2*1-2-3-11-24(14-17(22)12-15-7-5-4-6-8-15)20(25)18-10-9-16(21)13-19(18)23;2*1-2-4-5-3-1;/h2*4-7,9-10,13,17H,2-3,11-12,14H2,1H3;2*1-3H,4H2;/q4*-1;+4. The smallest absolute Gasteiger partial charge is 0.336 e. The summed E-state index contributed by atoms with van der Waals surface area (Å²) in [5.41, 5.74) is 1.32. The van der Waals surface area contributed by atoms with Crippen LogP contribution in [0.15, 0.2) is 121 Å². The molecule has 4 aromatic rings. The SMILES string of the molecule is CCCCN(CC(F)Cc1[c-]cccc1)C(=O)c1ccc(Cl)cc1F.CCCCN(CC(F)Cc1[c-]cccc1)C(=O)c1ccc(Cl)cc1F.[C-]1=CC=CC1.[C-]1=CC=CC1.[Ti+4]. The van der Waals surface area contributed by atoms with Gasteiger partial charge in [-0.3, -0.25) is 21.7 Å². The normalized spacial score (nSPS) is 12.7. The van der Waals surface area contributed by atoms with Crippen molar-refractivity contribution in [2.45, 2.75) is 77.6 Å². The Hall–Kier alpha value is -4.21. The van der Waals surface area contributed by atoms with E-state index in [0.29, 0.717) is 13.1 Å². The first-order chi connectivity index (χ1) is 29.0. The Kier molecular flexibility index (Phi) is 26.7. The summed E-state index contributed by atoms with van der Waals surface area (Å²) in [6, 6.07) is 28.1. The monoisotopic (exact) mass is 906 g/mol. The summed E-state index contributed by atoms with van der Waals surface area (Å²) < 4.78 is 57.0. The van der Waals surface area contributed by atoms with Gasteiger partial charge >= 0.3 is 21.7 Å². The van der Waals surface area contributed by atoms with Crippen LogP contribution in [-0.4, -0.2) is 60.1 Å². The van der Waals surface area contributed by atoms with E-state index in [0.717, 1.165) is 61.8 Å². The maximum absolute atomic E-state index is 14.5. The van der Waals surface area contributed by atoms with E-state index in [-0.39, 0.29) is 68.8 Å². The fraction of sp³-hybridized carbons (Fsp3) is 0.320. The molecule has 4 aromatic carbocycles. The molecule has 2 atom stereocenters. The largest absolute Gasteiger partial charge is 4.00 e. The molecule has 0 radical (unpaired) electrons. The number of carbonyl (C=O) groups is 2. The van der Waals surface area contributed by atoms with Crippen molar-refractivity contribution in [1.29, 1.82) is 0 Å². The molecule has 0 heterocycles. The van der Waals surface area contributed by atoms with Crippen LogP contribution < -0.4 is 0 Å². The molecule has 320 valence electrons. The number of hydrogen-bond acceptors (Lipinski definition) is 2. The zero-order chi connectivity index (χ0) is 43.5. The van der Waals surface area contributed by atoms with E-state index >= 15 is 0 Å². The molecular weight excluding hydrogens is 855 g/mol. The van der Waals surface area contributed by atoms with Crippen molar-refractivity contribution in [3.8, 4) is 0 Å². The van der Waals surface area contributed by atoms with Gasteiger partial charge in [-0.05, 0) is 62.1 Å². The summed E-state index contributed by atoms with van der Waals surface area (Å²) in [5.74, 6) is -2.40. The van der Waals surface area contributed by atoms with Crippen LogP contribution in [-0.2, 0) is 34.6 Å². The van der Waals surface area contributed by atoms with Gasteiger partial charge in [0.2, 0.25) is 0 Å². The first-order valence-electron chi connectivity index (χ1n) is 20.1. The van der Waals surface area contributed by atoms with Gasteiger partial charge < -0.3 is 9.80 Å². The molecule has 0 fully saturated rings. The van der Waals surface area contributed by atoms with E-state index in [1.54, 1.807) is 24.3 Å². The molecule has 6 rings (SSSR count). The van der Waals surface area contributed by atoms with E-state index < -0.39 is 35.8 Å². The summed E-state index contributed by atoms with van der Waals surface area (Å²) in [7, 11) is 0. The van der Waals surface area contributed by atoms with Gasteiger partial charge in [-0.25, -0.2) is 41.9 Å². The summed E-state index contributed by atoms with van der Waals surface area (Å²) in [6.45, 7) is 4.58. The number of alkyl halides is 2. The number of unbranched alkanes of at least 4 members (excludes halogenated alkanes) is 2. The van der Waals surface area contributed by atoms with Crippen LogP contribution in [0.4, 0.5) is 17.6 Å². The Balaban J connectivity index is 0.000000335. The van der Waals surface area contributed by atoms with E-state index in [4.69, 9.17) is 23.2 Å². The maximum atomic E-state index is 14.5. The quantitative estimate of drug-likeness (QED) is 0.0638. The van der Waals surface area contributed by atoms with Crippen LogP contribution >= 0.6 is 23.2 Å². The molecule has 0 aromatic heterocycles. The van der Waals surface area contributed by atoms with Crippen molar-refractivity contribution >= 4 is 35.0 Å². The molecular formula is C50H52Cl2F4N2O2Ti. The molecule has 0 saturated carbocycles. The Morgan fingerprint density at radius 1 is 0.656 bits per heavy atom. The number of halogens is 6. The molecule has 0 spiro atoms. The first kappa shape index (κ1) is 52.9. The summed E-state index contributed by atoms with van der Waals surface area (Å²) >= 11 is 11.5. The number of hydrogen-bond donors (Lipinski definition) is 0. The average Bonchev–Trinajstić information content (AvgIpc) is 4.03. The number of carbonyl (C=O) groups excluding carboxylic acids is 2. The van der Waals surface area contributed by atoms with Crippen LogP contribution in [0.3, 0.4) is 0 Å². The topological polar surface area (TPSA) is 40.6 Å². The van der Waals surface area contributed by atoms with Gasteiger partial charge in [0.05, 0.1) is 24.2 Å². The molecule has 0 bridgehead atoms. The molecule has 4 nitrogen and oxygen atoms in total. The van der Waals surface area contributed by atoms with Crippen molar-refractivity contribution in [1.82, 2.24) is 9.80 Å². The van der Waals surface area contributed by atoms with Crippen molar-refractivity contribution < 1.29 is 48.9 Å². The summed E-state index contributed by atoms with van der Waals surface area (Å²) in [5, 5.41) is 0.439. The maximum Gasteiger partial charge on any atom is 4.00 e. The van der Waals surface area contributed by atoms with Crippen LogP contribution in [0, 0.1) is 35.9 Å². The van der Waals surface area contributed by atoms with Gasteiger partial charge in [0.15, 0.2) is 0 Å².